The van der Waals surface area contributed by atoms with E-state index in [0.717, 1.165) is 11.1 Å². The number of aromatic nitrogens is 2. The predicted molar refractivity (Wildman–Crippen MR) is 85.9 cm³/mol. The Kier molecular flexibility index (Phi) is 4.75. The third-order valence-electron chi connectivity index (χ3n) is 3.30. The standard InChI is InChI=1S/C15H17BrN2O4/c1-7(2)12-8(10-6-11(15(19)20)18-17-10)5-9(16)13(21-3)14(12)22-4/h5-7H,1-4H3,(H,17,18)(H,19,20). The molecule has 0 atom stereocenters. The zero-order valence-electron chi connectivity index (χ0n) is 12.7. The zero-order valence-corrected chi connectivity index (χ0v) is 14.3. The quantitative estimate of drug-likeness (QED) is 0.840. The average Bonchev–Trinajstić information content (AvgIpc) is 2.95. The molecule has 0 saturated heterocycles. The summed E-state index contributed by atoms with van der Waals surface area (Å²) in [6, 6.07) is 3.36. The van der Waals surface area contributed by atoms with E-state index in [2.05, 4.69) is 26.1 Å². The molecule has 0 bridgehead atoms. The van der Waals surface area contributed by atoms with Gasteiger partial charge in [0, 0.05) is 11.1 Å². The van der Waals surface area contributed by atoms with Gasteiger partial charge in [0.2, 0.25) is 0 Å². The summed E-state index contributed by atoms with van der Waals surface area (Å²) in [4.78, 5) is 11.0. The van der Waals surface area contributed by atoms with E-state index in [1.807, 2.05) is 19.9 Å². The summed E-state index contributed by atoms with van der Waals surface area (Å²) in [6.45, 7) is 4.05. The summed E-state index contributed by atoms with van der Waals surface area (Å²) in [6.07, 6.45) is 0. The van der Waals surface area contributed by atoms with Gasteiger partial charge >= 0.3 is 5.97 Å². The molecule has 1 aromatic carbocycles. The Hall–Kier alpha value is -2.02. The first-order valence-corrected chi connectivity index (χ1v) is 7.43. The highest BCUT2D eigenvalue weighted by Crippen LogP contribution is 2.46. The van der Waals surface area contributed by atoms with Crippen molar-refractivity contribution in [2.75, 3.05) is 14.2 Å². The number of carbonyl (C=O) groups is 1. The fourth-order valence-corrected chi connectivity index (χ4v) is 2.94. The number of halogens is 1. The maximum Gasteiger partial charge on any atom is 0.353 e. The molecule has 1 heterocycles. The molecule has 6 nitrogen and oxygen atoms in total. The van der Waals surface area contributed by atoms with Gasteiger partial charge in [-0.15, -0.1) is 0 Å². The number of hydrogen-bond donors (Lipinski definition) is 2. The normalized spacial score (nSPS) is 10.8. The number of carboxylic acids is 1. The van der Waals surface area contributed by atoms with Gasteiger partial charge in [0.05, 0.1) is 24.4 Å². The van der Waals surface area contributed by atoms with Crippen LogP contribution in [-0.2, 0) is 0 Å². The highest BCUT2D eigenvalue weighted by Gasteiger charge is 2.23. The van der Waals surface area contributed by atoms with Crippen LogP contribution < -0.4 is 9.47 Å². The van der Waals surface area contributed by atoms with Crippen LogP contribution in [0.1, 0.15) is 35.8 Å². The number of aromatic carboxylic acids is 1. The number of benzene rings is 1. The lowest BCUT2D eigenvalue weighted by atomic mass is 9.93. The first-order valence-electron chi connectivity index (χ1n) is 6.64. The molecule has 7 heteroatoms. The molecular formula is C15H17BrN2O4. The van der Waals surface area contributed by atoms with Crippen molar-refractivity contribution in [1.29, 1.82) is 0 Å². The highest BCUT2D eigenvalue weighted by molar-refractivity contribution is 9.10. The lowest BCUT2D eigenvalue weighted by Crippen LogP contribution is -2.01. The average molecular weight is 369 g/mol. The number of nitrogens with one attached hydrogen (secondary N) is 1. The molecule has 2 N–H and O–H groups in total. The first kappa shape index (κ1) is 16.4. The number of hydrogen-bond acceptors (Lipinski definition) is 4. The van der Waals surface area contributed by atoms with Crippen molar-refractivity contribution in [3.8, 4) is 22.8 Å². The van der Waals surface area contributed by atoms with Crippen LogP contribution >= 0.6 is 15.9 Å². The summed E-state index contributed by atoms with van der Waals surface area (Å²) in [5.41, 5.74) is 2.28. The van der Waals surface area contributed by atoms with Gasteiger partial charge in [-0.25, -0.2) is 4.79 Å². The molecule has 22 heavy (non-hydrogen) atoms. The predicted octanol–water partition coefficient (Wildman–Crippen LogP) is 3.68. The minimum absolute atomic E-state index is 0.0376. The Morgan fingerprint density at radius 1 is 1.27 bits per heavy atom. The minimum atomic E-state index is -1.05. The van der Waals surface area contributed by atoms with Crippen molar-refractivity contribution in [2.45, 2.75) is 19.8 Å². The number of H-pyrrole nitrogens is 1. The van der Waals surface area contributed by atoms with Crippen molar-refractivity contribution < 1.29 is 19.4 Å². The number of ether oxygens (including phenoxy) is 2. The number of methoxy groups -OCH3 is 2. The second-order valence-corrected chi connectivity index (χ2v) is 5.87. The van der Waals surface area contributed by atoms with Crippen molar-refractivity contribution in [2.24, 2.45) is 0 Å². The van der Waals surface area contributed by atoms with E-state index in [0.29, 0.717) is 21.7 Å². The largest absolute Gasteiger partial charge is 0.492 e. The van der Waals surface area contributed by atoms with Gasteiger partial charge in [0.1, 0.15) is 5.69 Å². The summed E-state index contributed by atoms with van der Waals surface area (Å²) < 4.78 is 11.6. The Labute approximate surface area is 136 Å². The number of nitrogens with zero attached hydrogens (tertiary/aromatic N) is 1. The molecule has 0 amide bonds. The van der Waals surface area contributed by atoms with Crippen LogP contribution in [0.4, 0.5) is 0 Å². The van der Waals surface area contributed by atoms with Crippen molar-refractivity contribution in [3.63, 3.8) is 0 Å². The summed E-state index contributed by atoms with van der Waals surface area (Å²) in [5.74, 6) is 0.298. The van der Waals surface area contributed by atoms with Crippen LogP contribution in [0.15, 0.2) is 16.6 Å². The van der Waals surface area contributed by atoms with E-state index in [-0.39, 0.29) is 11.6 Å². The molecule has 0 saturated carbocycles. The van der Waals surface area contributed by atoms with Crippen LogP contribution in [0.25, 0.3) is 11.3 Å². The van der Waals surface area contributed by atoms with Crippen LogP contribution in [-0.4, -0.2) is 35.5 Å². The molecule has 118 valence electrons. The van der Waals surface area contributed by atoms with Gasteiger partial charge in [-0.05, 0) is 34.0 Å². The molecule has 0 aliphatic heterocycles. The molecule has 0 unspecified atom stereocenters. The van der Waals surface area contributed by atoms with E-state index < -0.39 is 5.97 Å². The van der Waals surface area contributed by atoms with Crippen molar-refractivity contribution in [1.82, 2.24) is 10.2 Å². The fraction of sp³-hybridized carbons (Fsp3) is 0.333. The van der Waals surface area contributed by atoms with Gasteiger partial charge in [0.25, 0.3) is 0 Å². The third-order valence-corrected chi connectivity index (χ3v) is 3.89. The molecule has 0 radical (unpaired) electrons. The Morgan fingerprint density at radius 2 is 1.91 bits per heavy atom. The molecule has 0 fully saturated rings. The van der Waals surface area contributed by atoms with E-state index in [1.165, 1.54) is 6.07 Å². The van der Waals surface area contributed by atoms with Crippen molar-refractivity contribution in [3.05, 3.63) is 27.9 Å². The van der Waals surface area contributed by atoms with Crippen LogP contribution in [0.5, 0.6) is 11.5 Å². The Bertz CT molecular complexity index is 710. The molecule has 2 rings (SSSR count). The third kappa shape index (κ3) is 2.81. The maximum absolute atomic E-state index is 11.0. The van der Waals surface area contributed by atoms with E-state index in [1.54, 1.807) is 14.2 Å². The number of aromatic amines is 1. The number of rotatable bonds is 5. The Morgan fingerprint density at radius 3 is 2.36 bits per heavy atom. The monoisotopic (exact) mass is 368 g/mol. The van der Waals surface area contributed by atoms with Crippen molar-refractivity contribution >= 4 is 21.9 Å². The van der Waals surface area contributed by atoms with Gasteiger partial charge < -0.3 is 14.6 Å². The molecular weight excluding hydrogens is 352 g/mol. The zero-order chi connectivity index (χ0) is 16.4. The summed E-state index contributed by atoms with van der Waals surface area (Å²) in [7, 11) is 3.15. The topological polar surface area (TPSA) is 84.4 Å². The second-order valence-electron chi connectivity index (χ2n) is 5.01. The maximum atomic E-state index is 11.0. The lowest BCUT2D eigenvalue weighted by molar-refractivity contribution is 0.0690. The number of carboxylic acid groups (broad SMARTS) is 1. The second kappa shape index (κ2) is 6.39. The van der Waals surface area contributed by atoms with Gasteiger partial charge in [-0.2, -0.15) is 5.10 Å². The first-order chi connectivity index (χ1) is 10.4. The van der Waals surface area contributed by atoms with Gasteiger partial charge in [-0.1, -0.05) is 13.8 Å². The van der Waals surface area contributed by atoms with Crippen LogP contribution in [0, 0.1) is 0 Å². The SMILES string of the molecule is COc1c(Br)cc(-c2cc(C(=O)O)[nH]n2)c(C(C)C)c1OC. The molecule has 0 spiro atoms. The van der Waals surface area contributed by atoms with E-state index >= 15 is 0 Å². The fourth-order valence-electron chi connectivity index (χ4n) is 2.37. The summed E-state index contributed by atoms with van der Waals surface area (Å²) in [5, 5.41) is 15.7. The van der Waals surface area contributed by atoms with Gasteiger partial charge in [0.15, 0.2) is 11.5 Å². The minimum Gasteiger partial charge on any atom is -0.492 e. The molecule has 2 aromatic rings. The smallest absolute Gasteiger partial charge is 0.353 e. The van der Waals surface area contributed by atoms with E-state index in [4.69, 9.17) is 14.6 Å². The molecule has 0 aliphatic rings. The highest BCUT2D eigenvalue weighted by atomic mass is 79.9. The Balaban J connectivity index is 2.73. The van der Waals surface area contributed by atoms with Crippen LogP contribution in [0.3, 0.4) is 0 Å². The lowest BCUT2D eigenvalue weighted by Gasteiger charge is -2.20. The van der Waals surface area contributed by atoms with Gasteiger partial charge in [-0.3, -0.25) is 5.10 Å². The summed E-state index contributed by atoms with van der Waals surface area (Å²) >= 11 is 3.46. The van der Waals surface area contributed by atoms with Crippen LogP contribution in [0.2, 0.25) is 0 Å². The molecule has 0 aliphatic carbocycles. The van der Waals surface area contributed by atoms with E-state index in [9.17, 15) is 4.79 Å². The molecule has 1 aromatic heterocycles.